The molecule has 0 saturated heterocycles. The zero-order valence-corrected chi connectivity index (χ0v) is 22.6. The molecule has 1 aliphatic rings. The topological polar surface area (TPSA) is 52.1 Å². The van der Waals surface area contributed by atoms with Gasteiger partial charge in [-0.15, -0.1) is 0 Å². The van der Waals surface area contributed by atoms with Crippen LogP contribution in [0.4, 0.5) is 0 Å². The van der Waals surface area contributed by atoms with E-state index in [4.69, 9.17) is 13.8 Å². The summed E-state index contributed by atoms with van der Waals surface area (Å²) in [6.45, 7) is 4.62. The average molecular weight is 529 g/mol. The second kappa shape index (κ2) is 7.92. The normalized spacial score (nSPS) is 13.8. The van der Waals surface area contributed by atoms with E-state index in [1.54, 1.807) is 0 Å². The van der Waals surface area contributed by atoms with Crippen molar-refractivity contribution in [2.75, 3.05) is 0 Å². The molecule has 0 N–H and O–H groups in total. The van der Waals surface area contributed by atoms with Crippen molar-refractivity contribution < 1.29 is 8.83 Å². The molecule has 4 nitrogen and oxygen atoms in total. The molecule has 8 aromatic rings. The van der Waals surface area contributed by atoms with E-state index in [0.29, 0.717) is 0 Å². The predicted octanol–water partition coefficient (Wildman–Crippen LogP) is 9.92. The van der Waals surface area contributed by atoms with Gasteiger partial charge in [0.05, 0.1) is 0 Å². The van der Waals surface area contributed by atoms with Crippen LogP contribution in [0.1, 0.15) is 25.0 Å². The summed E-state index contributed by atoms with van der Waals surface area (Å²) in [5, 5.41) is 3.24. The molecular formula is C37H24N2O2. The maximum Gasteiger partial charge on any atom is 0.161 e. The number of pyridine rings is 2. The van der Waals surface area contributed by atoms with Gasteiger partial charge in [0.25, 0.3) is 0 Å². The zero-order valence-electron chi connectivity index (χ0n) is 22.6. The van der Waals surface area contributed by atoms with Gasteiger partial charge in [-0.25, -0.2) is 0 Å². The maximum absolute atomic E-state index is 6.32. The Bertz CT molecular complexity index is 2190. The SMILES string of the molecule is CC1(C)c2cc(-c3nccc4c3oc3ccccc34)ccc2-c2ccc(-c3ccnc4c3oc3ccccc34)cc21. The Hall–Kier alpha value is -5.22. The van der Waals surface area contributed by atoms with Crippen LogP contribution in [0.25, 0.3) is 77.5 Å². The molecular weight excluding hydrogens is 504 g/mol. The van der Waals surface area contributed by atoms with Crippen molar-refractivity contribution in [1.82, 2.24) is 9.97 Å². The van der Waals surface area contributed by atoms with Crippen molar-refractivity contribution in [1.29, 1.82) is 0 Å². The highest BCUT2D eigenvalue weighted by Gasteiger charge is 2.36. The highest BCUT2D eigenvalue weighted by Crippen LogP contribution is 2.51. The molecule has 1 aliphatic carbocycles. The summed E-state index contributed by atoms with van der Waals surface area (Å²) in [6.07, 6.45) is 3.76. The molecule has 9 rings (SSSR count). The Morgan fingerprint density at radius 2 is 1.17 bits per heavy atom. The molecule has 4 heterocycles. The number of rotatable bonds is 2. The quantitative estimate of drug-likeness (QED) is 0.224. The number of benzene rings is 4. The molecule has 0 saturated carbocycles. The molecule has 0 fully saturated rings. The van der Waals surface area contributed by atoms with Gasteiger partial charge in [0.1, 0.15) is 22.4 Å². The van der Waals surface area contributed by atoms with E-state index < -0.39 is 0 Å². The third-order valence-corrected chi connectivity index (χ3v) is 8.81. The number of aromatic nitrogens is 2. The van der Waals surface area contributed by atoms with Gasteiger partial charge >= 0.3 is 0 Å². The number of furan rings is 2. The van der Waals surface area contributed by atoms with Crippen molar-refractivity contribution in [3.8, 4) is 33.5 Å². The second-order valence-electron chi connectivity index (χ2n) is 11.4. The van der Waals surface area contributed by atoms with Gasteiger partial charge in [0, 0.05) is 45.1 Å². The van der Waals surface area contributed by atoms with E-state index in [2.05, 4.69) is 73.4 Å². The molecule has 41 heavy (non-hydrogen) atoms. The zero-order chi connectivity index (χ0) is 27.3. The summed E-state index contributed by atoms with van der Waals surface area (Å²) in [7, 11) is 0. The van der Waals surface area contributed by atoms with Crippen LogP contribution in [0, 0.1) is 0 Å². The third-order valence-electron chi connectivity index (χ3n) is 8.81. The molecule has 4 aromatic heterocycles. The van der Waals surface area contributed by atoms with E-state index in [9.17, 15) is 0 Å². The first-order chi connectivity index (χ1) is 20.1. The standard InChI is InChI=1S/C37H24N2O2/c1-37(2)29-19-21(23-15-17-39-34-28-8-4-6-10-32(28)41-35(23)34)11-13-24(29)25-14-12-22(20-30(25)37)33-36-27(16-18-38-33)26-7-3-5-9-31(26)40-36/h3-20H,1-2H3. The van der Waals surface area contributed by atoms with Crippen LogP contribution in [0.3, 0.4) is 0 Å². The number of nitrogens with zero attached hydrogens (tertiary/aromatic N) is 2. The highest BCUT2D eigenvalue weighted by atomic mass is 16.3. The molecule has 0 unspecified atom stereocenters. The summed E-state index contributed by atoms with van der Waals surface area (Å²) in [5.41, 5.74) is 13.4. The van der Waals surface area contributed by atoms with E-state index in [1.165, 1.54) is 22.3 Å². The maximum atomic E-state index is 6.32. The van der Waals surface area contributed by atoms with E-state index in [-0.39, 0.29) is 5.41 Å². The minimum absolute atomic E-state index is 0.196. The summed E-state index contributed by atoms with van der Waals surface area (Å²) in [4.78, 5) is 9.44. The third kappa shape index (κ3) is 3.05. The van der Waals surface area contributed by atoms with Crippen LogP contribution >= 0.6 is 0 Å². The van der Waals surface area contributed by atoms with Crippen molar-refractivity contribution in [3.63, 3.8) is 0 Å². The lowest BCUT2D eigenvalue weighted by Gasteiger charge is -2.22. The summed E-state index contributed by atoms with van der Waals surface area (Å²) >= 11 is 0. The van der Waals surface area contributed by atoms with Crippen molar-refractivity contribution >= 4 is 44.0 Å². The largest absolute Gasteiger partial charge is 0.454 e. The monoisotopic (exact) mass is 528 g/mol. The fraction of sp³-hybridized carbons (Fsp3) is 0.0811. The van der Waals surface area contributed by atoms with Crippen LogP contribution in [0.2, 0.25) is 0 Å². The fourth-order valence-electron chi connectivity index (χ4n) is 6.74. The first-order valence-corrected chi connectivity index (χ1v) is 13.9. The molecule has 0 amide bonds. The van der Waals surface area contributed by atoms with Gasteiger partial charge in [-0.05, 0) is 70.3 Å². The van der Waals surface area contributed by atoms with Crippen molar-refractivity contribution in [2.45, 2.75) is 19.3 Å². The predicted molar refractivity (Wildman–Crippen MR) is 165 cm³/mol. The molecule has 0 spiro atoms. The summed E-state index contributed by atoms with van der Waals surface area (Å²) in [5.74, 6) is 0. The number of fused-ring (bicyclic) bond motifs is 9. The Balaban J connectivity index is 1.19. The lowest BCUT2D eigenvalue weighted by Crippen LogP contribution is -2.15. The van der Waals surface area contributed by atoms with Crippen LogP contribution < -0.4 is 0 Å². The Labute approximate surface area is 235 Å². The van der Waals surface area contributed by atoms with Crippen LogP contribution in [-0.2, 0) is 5.41 Å². The molecule has 4 heteroatoms. The molecule has 0 aliphatic heterocycles. The molecule has 0 bridgehead atoms. The van der Waals surface area contributed by atoms with Gasteiger partial charge in [0.15, 0.2) is 11.2 Å². The summed E-state index contributed by atoms with van der Waals surface area (Å²) in [6, 6.07) is 33.9. The molecule has 4 aromatic carbocycles. The Morgan fingerprint density at radius 1 is 0.537 bits per heavy atom. The lowest BCUT2D eigenvalue weighted by molar-refractivity contribution is 0.659. The smallest absolute Gasteiger partial charge is 0.161 e. The second-order valence-corrected chi connectivity index (χ2v) is 11.4. The van der Waals surface area contributed by atoms with Gasteiger partial charge < -0.3 is 8.83 Å². The first-order valence-electron chi connectivity index (χ1n) is 13.9. The Morgan fingerprint density at radius 3 is 1.98 bits per heavy atom. The fourth-order valence-corrected chi connectivity index (χ4v) is 6.74. The summed E-state index contributed by atoms with van der Waals surface area (Å²) < 4.78 is 12.6. The molecule has 0 atom stereocenters. The minimum Gasteiger partial charge on any atom is -0.454 e. The van der Waals surface area contributed by atoms with Gasteiger partial charge in [0.2, 0.25) is 0 Å². The van der Waals surface area contributed by atoms with Crippen molar-refractivity contribution in [3.05, 3.63) is 121 Å². The minimum atomic E-state index is -0.196. The van der Waals surface area contributed by atoms with Gasteiger partial charge in [-0.1, -0.05) is 68.4 Å². The van der Waals surface area contributed by atoms with Crippen LogP contribution in [0.5, 0.6) is 0 Å². The van der Waals surface area contributed by atoms with Crippen LogP contribution in [-0.4, -0.2) is 9.97 Å². The molecule has 0 radical (unpaired) electrons. The average Bonchev–Trinajstić information content (AvgIpc) is 3.65. The number of para-hydroxylation sites is 2. The van der Waals surface area contributed by atoms with E-state index in [1.807, 2.05) is 54.9 Å². The van der Waals surface area contributed by atoms with E-state index >= 15 is 0 Å². The lowest BCUT2D eigenvalue weighted by atomic mass is 9.81. The van der Waals surface area contributed by atoms with Crippen LogP contribution in [0.15, 0.2) is 118 Å². The Kier molecular flexibility index (Phi) is 4.36. The molecule has 194 valence electrons. The van der Waals surface area contributed by atoms with Gasteiger partial charge in [-0.3, -0.25) is 9.97 Å². The number of hydrogen-bond acceptors (Lipinski definition) is 4. The van der Waals surface area contributed by atoms with Gasteiger partial charge in [-0.2, -0.15) is 0 Å². The number of hydrogen-bond donors (Lipinski definition) is 0. The highest BCUT2D eigenvalue weighted by molar-refractivity contribution is 6.09. The van der Waals surface area contributed by atoms with E-state index in [0.717, 1.165) is 66.4 Å². The van der Waals surface area contributed by atoms with Crippen molar-refractivity contribution in [2.24, 2.45) is 0 Å². The first kappa shape index (κ1) is 22.6.